The quantitative estimate of drug-likeness (QED) is 0.474. The summed E-state index contributed by atoms with van der Waals surface area (Å²) in [5, 5.41) is 0. The molecule has 0 aromatic carbocycles. The summed E-state index contributed by atoms with van der Waals surface area (Å²) in [6, 6.07) is 0. The Morgan fingerprint density at radius 1 is 1.21 bits per heavy atom. The second-order valence-corrected chi connectivity index (χ2v) is 4.65. The molecule has 0 aliphatic rings. The summed E-state index contributed by atoms with van der Waals surface area (Å²) in [4.78, 5) is 21.9. The lowest BCUT2D eigenvalue weighted by Crippen LogP contribution is -2.30. The van der Waals surface area contributed by atoms with Crippen LogP contribution in [0.4, 0.5) is 0 Å². The average molecular weight is 270 g/mol. The summed E-state index contributed by atoms with van der Waals surface area (Å²) in [6.45, 7) is 12.6. The summed E-state index contributed by atoms with van der Waals surface area (Å²) >= 11 is 0. The van der Waals surface area contributed by atoms with E-state index in [1.54, 1.807) is 20.8 Å². The van der Waals surface area contributed by atoms with Crippen molar-refractivity contribution in [3.8, 4) is 0 Å². The van der Waals surface area contributed by atoms with Crippen molar-refractivity contribution in [2.24, 2.45) is 0 Å². The Hall–Kier alpha value is -1.62. The van der Waals surface area contributed by atoms with E-state index in [-0.39, 0.29) is 12.7 Å². The van der Waals surface area contributed by atoms with Gasteiger partial charge in [-0.3, -0.25) is 0 Å². The molecule has 1 unspecified atom stereocenters. The first kappa shape index (κ1) is 17.4. The normalized spacial score (nSPS) is 12.4. The predicted octanol–water partition coefficient (Wildman–Crippen LogP) is 2.02. The number of hydrogen-bond acceptors (Lipinski definition) is 5. The molecule has 5 nitrogen and oxygen atoms in total. The van der Waals surface area contributed by atoms with E-state index < -0.39 is 17.5 Å². The van der Waals surface area contributed by atoms with Gasteiger partial charge in [-0.1, -0.05) is 13.2 Å². The van der Waals surface area contributed by atoms with Crippen LogP contribution in [0.3, 0.4) is 0 Å². The maximum atomic E-state index is 11.1. The Morgan fingerprint density at radius 2 is 1.79 bits per heavy atom. The van der Waals surface area contributed by atoms with Gasteiger partial charge in [0.05, 0.1) is 12.7 Å². The van der Waals surface area contributed by atoms with Crippen molar-refractivity contribution < 1.29 is 23.8 Å². The van der Waals surface area contributed by atoms with Crippen LogP contribution in [0, 0.1) is 0 Å². The molecule has 5 heteroatoms. The van der Waals surface area contributed by atoms with Crippen LogP contribution in [0.5, 0.6) is 0 Å². The van der Waals surface area contributed by atoms with Crippen molar-refractivity contribution in [2.75, 3.05) is 13.2 Å². The monoisotopic (exact) mass is 270 g/mol. The van der Waals surface area contributed by atoms with Crippen LogP contribution in [0.15, 0.2) is 25.3 Å². The van der Waals surface area contributed by atoms with Gasteiger partial charge < -0.3 is 14.2 Å². The van der Waals surface area contributed by atoms with Crippen molar-refractivity contribution in [3.63, 3.8) is 0 Å². The van der Waals surface area contributed by atoms with E-state index in [4.69, 9.17) is 14.2 Å². The minimum Gasteiger partial charge on any atom is -0.460 e. The number of carbonyl (C=O) groups is 2. The molecule has 0 saturated heterocycles. The number of hydrogen-bond donors (Lipinski definition) is 0. The molecular weight excluding hydrogens is 248 g/mol. The van der Waals surface area contributed by atoms with E-state index in [1.165, 1.54) is 0 Å². The van der Waals surface area contributed by atoms with Gasteiger partial charge in [-0.25, -0.2) is 9.59 Å². The first-order valence-corrected chi connectivity index (χ1v) is 6.07. The van der Waals surface area contributed by atoms with Crippen LogP contribution >= 0.6 is 0 Å². The van der Waals surface area contributed by atoms with E-state index in [0.717, 1.165) is 12.2 Å². The third kappa shape index (κ3) is 9.02. The molecular formula is C14H22O5. The highest BCUT2D eigenvalue weighted by Gasteiger charge is 2.21. The van der Waals surface area contributed by atoms with Gasteiger partial charge in [0.15, 0.2) is 0 Å². The Balaban J connectivity index is 3.88. The molecule has 0 aromatic heterocycles. The zero-order chi connectivity index (χ0) is 14.9. The highest BCUT2D eigenvalue weighted by atomic mass is 16.6. The Bertz CT molecular complexity index is 333. The molecule has 0 amide bonds. The van der Waals surface area contributed by atoms with Gasteiger partial charge in [0.1, 0.15) is 12.2 Å². The molecule has 0 rings (SSSR count). The van der Waals surface area contributed by atoms with Gasteiger partial charge in [0.2, 0.25) is 0 Å². The summed E-state index contributed by atoms with van der Waals surface area (Å²) in [7, 11) is 0. The number of esters is 2. The van der Waals surface area contributed by atoms with Gasteiger partial charge in [0.25, 0.3) is 0 Å². The molecule has 0 aromatic rings. The fraction of sp³-hybridized carbons (Fsp3) is 0.571. The highest BCUT2D eigenvalue weighted by molar-refractivity contribution is 5.81. The van der Waals surface area contributed by atoms with Crippen molar-refractivity contribution in [1.82, 2.24) is 0 Å². The van der Waals surface area contributed by atoms with Gasteiger partial charge >= 0.3 is 11.9 Å². The van der Waals surface area contributed by atoms with Crippen LogP contribution in [-0.4, -0.2) is 36.9 Å². The summed E-state index contributed by atoms with van der Waals surface area (Å²) in [5.41, 5.74) is -0.622. The number of ether oxygens (including phenoxy) is 3. The van der Waals surface area contributed by atoms with Crippen molar-refractivity contribution >= 4 is 11.9 Å². The zero-order valence-electron chi connectivity index (χ0n) is 11.8. The molecule has 0 bridgehead atoms. The molecule has 0 aliphatic heterocycles. The second kappa shape index (κ2) is 8.48. The fourth-order valence-electron chi connectivity index (χ4n) is 1.18. The summed E-state index contributed by atoms with van der Waals surface area (Å²) in [6.07, 6.45) is 2.53. The van der Waals surface area contributed by atoms with Crippen LogP contribution in [0.2, 0.25) is 0 Å². The third-order valence-electron chi connectivity index (χ3n) is 2.28. The SMILES string of the molecule is C=CC(=O)OCC(C)OCCC(C)(C)OC(=O)C=C. The first-order chi connectivity index (χ1) is 8.80. The van der Waals surface area contributed by atoms with E-state index >= 15 is 0 Å². The van der Waals surface area contributed by atoms with Crippen LogP contribution in [0.1, 0.15) is 27.2 Å². The van der Waals surface area contributed by atoms with Crippen LogP contribution < -0.4 is 0 Å². The molecule has 0 N–H and O–H groups in total. The van der Waals surface area contributed by atoms with Gasteiger partial charge in [0, 0.05) is 18.6 Å². The zero-order valence-corrected chi connectivity index (χ0v) is 11.8. The molecule has 0 saturated carbocycles. The Morgan fingerprint density at radius 3 is 2.32 bits per heavy atom. The molecule has 0 spiro atoms. The number of carbonyl (C=O) groups excluding carboxylic acids is 2. The number of rotatable bonds is 9. The van der Waals surface area contributed by atoms with Gasteiger partial charge in [-0.15, -0.1) is 0 Å². The minimum absolute atomic E-state index is 0.164. The fourth-order valence-corrected chi connectivity index (χ4v) is 1.18. The van der Waals surface area contributed by atoms with E-state index in [2.05, 4.69) is 13.2 Å². The van der Waals surface area contributed by atoms with Crippen LogP contribution in [-0.2, 0) is 23.8 Å². The highest BCUT2D eigenvalue weighted by Crippen LogP contribution is 2.15. The average Bonchev–Trinajstić information content (AvgIpc) is 2.34. The maximum Gasteiger partial charge on any atom is 0.330 e. The summed E-state index contributed by atoms with van der Waals surface area (Å²) < 4.78 is 15.4. The van der Waals surface area contributed by atoms with Gasteiger partial charge in [-0.2, -0.15) is 0 Å². The predicted molar refractivity (Wildman–Crippen MR) is 71.6 cm³/mol. The molecule has 19 heavy (non-hydrogen) atoms. The maximum absolute atomic E-state index is 11.1. The third-order valence-corrected chi connectivity index (χ3v) is 2.28. The van der Waals surface area contributed by atoms with Crippen molar-refractivity contribution in [2.45, 2.75) is 38.9 Å². The molecule has 0 heterocycles. The summed E-state index contributed by atoms with van der Waals surface area (Å²) in [5.74, 6) is -0.936. The lowest BCUT2D eigenvalue weighted by molar-refractivity contribution is -0.153. The molecule has 0 fully saturated rings. The lowest BCUT2D eigenvalue weighted by atomic mass is 10.1. The molecule has 0 radical (unpaired) electrons. The van der Waals surface area contributed by atoms with E-state index in [1.807, 2.05) is 0 Å². The standard InChI is InChI=1S/C14H22O5/c1-6-12(15)18-10-11(3)17-9-8-14(4,5)19-13(16)7-2/h6-7,11H,1-2,8-10H2,3-5H3. The van der Waals surface area contributed by atoms with Crippen molar-refractivity contribution in [1.29, 1.82) is 0 Å². The Labute approximate surface area is 114 Å². The topological polar surface area (TPSA) is 61.8 Å². The van der Waals surface area contributed by atoms with Gasteiger partial charge in [-0.05, 0) is 20.8 Å². The van der Waals surface area contributed by atoms with Crippen LogP contribution in [0.25, 0.3) is 0 Å². The van der Waals surface area contributed by atoms with E-state index in [9.17, 15) is 9.59 Å². The Kier molecular flexibility index (Phi) is 7.75. The minimum atomic E-state index is -0.622. The van der Waals surface area contributed by atoms with E-state index in [0.29, 0.717) is 13.0 Å². The smallest absolute Gasteiger partial charge is 0.330 e. The molecule has 108 valence electrons. The lowest BCUT2D eigenvalue weighted by Gasteiger charge is -2.25. The molecule has 0 aliphatic carbocycles. The largest absolute Gasteiger partial charge is 0.460 e. The molecule has 1 atom stereocenters. The first-order valence-electron chi connectivity index (χ1n) is 6.07. The van der Waals surface area contributed by atoms with Crippen molar-refractivity contribution in [3.05, 3.63) is 25.3 Å². The second-order valence-electron chi connectivity index (χ2n) is 4.65.